The first-order valence-corrected chi connectivity index (χ1v) is 12.8. The number of ether oxygens (including phenoxy) is 1. The van der Waals surface area contributed by atoms with Crippen LogP contribution < -0.4 is 0 Å². The summed E-state index contributed by atoms with van der Waals surface area (Å²) in [5.41, 5.74) is 0.286. The first-order valence-electron chi connectivity index (χ1n) is 12.8. The van der Waals surface area contributed by atoms with Gasteiger partial charge in [0.15, 0.2) is 5.78 Å². The van der Waals surface area contributed by atoms with Crippen LogP contribution in [0.4, 0.5) is 0 Å². The van der Waals surface area contributed by atoms with Crippen molar-refractivity contribution in [3.63, 3.8) is 0 Å². The van der Waals surface area contributed by atoms with Gasteiger partial charge in [-0.1, -0.05) is 20.3 Å². The Morgan fingerprint density at radius 3 is 2.47 bits per heavy atom. The van der Waals surface area contributed by atoms with Crippen LogP contribution >= 0.6 is 0 Å². The third-order valence-corrected chi connectivity index (χ3v) is 10.5. The Balaban J connectivity index is 1.35. The molecule has 8 atom stereocenters. The van der Waals surface area contributed by atoms with Gasteiger partial charge in [-0.2, -0.15) is 0 Å². The van der Waals surface area contributed by atoms with Crippen LogP contribution in [-0.2, 0) is 14.3 Å². The molecule has 0 radical (unpaired) electrons. The number of esters is 1. The number of likely N-dealkylation sites (tertiary alicyclic amines) is 1. The molecule has 0 aromatic carbocycles. The van der Waals surface area contributed by atoms with E-state index in [2.05, 4.69) is 18.7 Å². The van der Waals surface area contributed by atoms with Crippen molar-refractivity contribution in [1.82, 2.24) is 4.90 Å². The summed E-state index contributed by atoms with van der Waals surface area (Å²) >= 11 is 0. The fraction of sp³-hybridized carbons (Fsp3) is 0.923. The van der Waals surface area contributed by atoms with Gasteiger partial charge in [-0.05, 0) is 106 Å². The SMILES string of the molecule is CC(=O)O[C@@H]1CC[C@@]2(C)[C@@H](CC[C@H]3[C@H]2CC[C@]2(C)C(=O)[C@H](N4CCCCC4)C[C@@H]32)C1. The second-order valence-electron chi connectivity index (χ2n) is 11.8. The standard InChI is InChI=1S/C26H41NO3/c1-17(28)30-19-9-11-25(2)18(15-19)7-8-20-21(25)10-12-26(3)22(20)16-23(24(26)29)27-13-5-4-6-14-27/h18-23H,4-16H2,1-3H3/t18-,19+,20-,21+,22-,23+,25-,26-/m0/s1. The average Bonchev–Trinajstić information content (AvgIpc) is 3.00. The van der Waals surface area contributed by atoms with Crippen molar-refractivity contribution in [2.24, 2.45) is 34.5 Å². The van der Waals surface area contributed by atoms with Crippen LogP contribution in [0.1, 0.15) is 91.4 Å². The molecule has 4 aliphatic carbocycles. The van der Waals surface area contributed by atoms with E-state index in [-0.39, 0.29) is 23.5 Å². The summed E-state index contributed by atoms with van der Waals surface area (Å²) in [6, 6.07) is 0.198. The molecule has 1 saturated heterocycles. The minimum absolute atomic E-state index is 0.0819. The fourth-order valence-electron chi connectivity index (χ4n) is 8.89. The molecule has 1 aliphatic heterocycles. The molecule has 0 spiro atoms. The van der Waals surface area contributed by atoms with Crippen LogP contribution in [0.3, 0.4) is 0 Å². The molecule has 4 saturated carbocycles. The highest BCUT2D eigenvalue weighted by Gasteiger charge is 2.63. The van der Waals surface area contributed by atoms with Crippen LogP contribution in [0.25, 0.3) is 0 Å². The predicted molar refractivity (Wildman–Crippen MR) is 117 cm³/mol. The number of hydrogen-bond acceptors (Lipinski definition) is 4. The summed E-state index contributed by atoms with van der Waals surface area (Å²) in [7, 11) is 0. The summed E-state index contributed by atoms with van der Waals surface area (Å²) in [6.07, 6.45) is 13.2. The number of nitrogens with zero attached hydrogens (tertiary/aromatic N) is 1. The first-order chi connectivity index (χ1) is 14.3. The van der Waals surface area contributed by atoms with Crippen molar-refractivity contribution in [3.8, 4) is 0 Å². The van der Waals surface area contributed by atoms with Gasteiger partial charge in [-0.3, -0.25) is 14.5 Å². The maximum Gasteiger partial charge on any atom is 0.302 e. The van der Waals surface area contributed by atoms with E-state index in [0.717, 1.165) is 44.7 Å². The summed E-state index contributed by atoms with van der Waals surface area (Å²) in [5.74, 6) is 3.18. The van der Waals surface area contributed by atoms with Crippen LogP contribution in [0.5, 0.6) is 0 Å². The number of rotatable bonds is 2. The molecule has 0 aromatic rings. The van der Waals surface area contributed by atoms with E-state index in [0.29, 0.717) is 29.0 Å². The normalized spacial score (nSPS) is 49.1. The summed E-state index contributed by atoms with van der Waals surface area (Å²) in [4.78, 5) is 27.7. The maximum absolute atomic E-state index is 13.7. The summed E-state index contributed by atoms with van der Waals surface area (Å²) < 4.78 is 5.61. The fourth-order valence-corrected chi connectivity index (χ4v) is 8.89. The van der Waals surface area contributed by atoms with E-state index in [4.69, 9.17) is 4.74 Å². The van der Waals surface area contributed by atoms with Gasteiger partial charge in [-0.25, -0.2) is 0 Å². The Morgan fingerprint density at radius 2 is 1.73 bits per heavy atom. The molecule has 4 heteroatoms. The first kappa shape index (κ1) is 21.0. The zero-order valence-corrected chi connectivity index (χ0v) is 19.3. The monoisotopic (exact) mass is 415 g/mol. The van der Waals surface area contributed by atoms with Crippen LogP contribution in [0.15, 0.2) is 0 Å². The van der Waals surface area contributed by atoms with Crippen LogP contribution in [0, 0.1) is 34.5 Å². The van der Waals surface area contributed by atoms with Crippen molar-refractivity contribution < 1.29 is 14.3 Å². The molecule has 0 amide bonds. The number of fused-ring (bicyclic) bond motifs is 5. The van der Waals surface area contributed by atoms with Gasteiger partial charge in [0.05, 0.1) is 6.04 Å². The zero-order chi connectivity index (χ0) is 21.1. The van der Waals surface area contributed by atoms with E-state index in [1.165, 1.54) is 44.9 Å². The summed E-state index contributed by atoms with van der Waals surface area (Å²) in [6.45, 7) is 8.67. The highest BCUT2D eigenvalue weighted by Crippen LogP contribution is 2.65. The predicted octanol–water partition coefficient (Wildman–Crippen LogP) is 4.99. The zero-order valence-electron chi connectivity index (χ0n) is 19.3. The highest BCUT2D eigenvalue weighted by molar-refractivity contribution is 5.92. The molecule has 0 bridgehead atoms. The second kappa shape index (κ2) is 7.60. The Kier molecular flexibility index (Phi) is 5.31. The number of hydrogen-bond donors (Lipinski definition) is 0. The molecular weight excluding hydrogens is 374 g/mol. The molecule has 5 aliphatic rings. The van der Waals surface area contributed by atoms with Gasteiger partial charge < -0.3 is 4.74 Å². The van der Waals surface area contributed by atoms with Crippen molar-refractivity contribution in [2.45, 2.75) is 104 Å². The van der Waals surface area contributed by atoms with Gasteiger partial charge in [0.25, 0.3) is 0 Å². The van der Waals surface area contributed by atoms with E-state index >= 15 is 0 Å². The third-order valence-electron chi connectivity index (χ3n) is 10.5. The van der Waals surface area contributed by atoms with Crippen molar-refractivity contribution in [2.75, 3.05) is 13.1 Å². The lowest BCUT2D eigenvalue weighted by Gasteiger charge is -2.60. The van der Waals surface area contributed by atoms with Crippen LogP contribution in [0.2, 0.25) is 0 Å². The molecule has 5 rings (SSSR count). The van der Waals surface area contributed by atoms with Crippen molar-refractivity contribution >= 4 is 11.8 Å². The lowest BCUT2D eigenvalue weighted by molar-refractivity contribution is -0.160. The molecule has 1 heterocycles. The van der Waals surface area contributed by atoms with Gasteiger partial charge in [-0.15, -0.1) is 0 Å². The minimum atomic E-state index is -0.126. The Labute approximate surface area is 182 Å². The number of Topliss-reactive ketones (excluding diaryl/α,β-unsaturated/α-hetero) is 1. The van der Waals surface area contributed by atoms with E-state index in [9.17, 15) is 9.59 Å². The van der Waals surface area contributed by atoms with Gasteiger partial charge in [0.2, 0.25) is 0 Å². The Bertz CT molecular complexity index is 700. The summed E-state index contributed by atoms with van der Waals surface area (Å²) in [5, 5.41) is 0. The molecule has 168 valence electrons. The smallest absolute Gasteiger partial charge is 0.302 e. The molecule has 0 unspecified atom stereocenters. The molecule has 4 nitrogen and oxygen atoms in total. The Hall–Kier alpha value is -0.900. The molecule has 5 fully saturated rings. The van der Waals surface area contributed by atoms with Gasteiger partial charge in [0.1, 0.15) is 6.10 Å². The van der Waals surface area contributed by atoms with Gasteiger partial charge >= 0.3 is 5.97 Å². The lowest BCUT2D eigenvalue weighted by Crippen LogP contribution is -2.54. The second-order valence-corrected chi connectivity index (χ2v) is 11.8. The number of piperidine rings is 1. The Morgan fingerprint density at radius 1 is 0.967 bits per heavy atom. The number of carbonyl (C=O) groups is 2. The van der Waals surface area contributed by atoms with Crippen LogP contribution in [-0.4, -0.2) is 41.9 Å². The topological polar surface area (TPSA) is 46.6 Å². The van der Waals surface area contributed by atoms with Crippen molar-refractivity contribution in [3.05, 3.63) is 0 Å². The maximum atomic E-state index is 13.7. The third kappa shape index (κ3) is 3.19. The minimum Gasteiger partial charge on any atom is -0.463 e. The average molecular weight is 416 g/mol. The highest BCUT2D eigenvalue weighted by atomic mass is 16.5. The number of ketones is 1. The van der Waals surface area contributed by atoms with Crippen molar-refractivity contribution in [1.29, 1.82) is 0 Å². The van der Waals surface area contributed by atoms with Gasteiger partial charge in [0, 0.05) is 12.3 Å². The lowest BCUT2D eigenvalue weighted by atomic mass is 9.45. The van der Waals surface area contributed by atoms with E-state index in [1.807, 2.05) is 0 Å². The molecular formula is C26H41NO3. The molecule has 0 N–H and O–H groups in total. The van der Waals surface area contributed by atoms with E-state index in [1.54, 1.807) is 6.92 Å². The largest absolute Gasteiger partial charge is 0.463 e. The number of carbonyl (C=O) groups excluding carboxylic acids is 2. The molecule has 0 aromatic heterocycles. The molecule has 30 heavy (non-hydrogen) atoms. The van der Waals surface area contributed by atoms with E-state index < -0.39 is 0 Å². The quantitative estimate of drug-likeness (QED) is 0.596.